The third kappa shape index (κ3) is 3.16. The quantitative estimate of drug-likeness (QED) is 0.856. The van der Waals surface area contributed by atoms with Crippen LogP contribution in [0.15, 0.2) is 30.9 Å². The van der Waals surface area contributed by atoms with Crippen LogP contribution in [0.25, 0.3) is 0 Å². The molecule has 2 aromatic rings. The van der Waals surface area contributed by atoms with Gasteiger partial charge in [0.05, 0.1) is 7.11 Å². The smallest absolute Gasteiger partial charge is 0.339 e. The Morgan fingerprint density at radius 2 is 2.19 bits per heavy atom. The molecule has 0 radical (unpaired) electrons. The predicted octanol–water partition coefficient (Wildman–Crippen LogP) is 1.18. The lowest BCUT2D eigenvalue weighted by Crippen LogP contribution is -2.24. The van der Waals surface area contributed by atoms with Gasteiger partial charge in [-0.1, -0.05) is 0 Å². The summed E-state index contributed by atoms with van der Waals surface area (Å²) in [6.45, 7) is 1.67. The van der Waals surface area contributed by atoms with E-state index in [1.54, 1.807) is 6.92 Å². The minimum Gasteiger partial charge on any atom is -0.496 e. The number of carboxylic acid groups (broad SMARTS) is 1. The van der Waals surface area contributed by atoms with Crippen LogP contribution < -0.4 is 10.1 Å². The van der Waals surface area contributed by atoms with Crippen molar-refractivity contribution in [2.75, 3.05) is 12.4 Å². The molecule has 0 saturated heterocycles. The average molecular weight is 290 g/mol. The standard InChI is InChI=1S/C13H14N4O4/c1-8(17-7-14-6-15-17)12(18)16-9-3-4-10(13(19)20)11(5-9)21-2/h3-8H,1-2H3,(H,16,18)(H,19,20). The number of ether oxygens (including phenoxy) is 1. The van der Waals surface area contributed by atoms with E-state index in [0.717, 1.165) is 0 Å². The monoisotopic (exact) mass is 290 g/mol. The number of anilines is 1. The molecule has 0 aliphatic rings. The van der Waals surface area contributed by atoms with Gasteiger partial charge in [0.1, 0.15) is 30.0 Å². The maximum absolute atomic E-state index is 12.1. The second-order valence-corrected chi connectivity index (χ2v) is 4.26. The van der Waals surface area contributed by atoms with Crippen LogP contribution in [0, 0.1) is 0 Å². The summed E-state index contributed by atoms with van der Waals surface area (Å²) in [6.07, 6.45) is 2.78. The van der Waals surface area contributed by atoms with E-state index in [1.807, 2.05) is 0 Å². The summed E-state index contributed by atoms with van der Waals surface area (Å²) in [5.41, 5.74) is 0.466. The number of amides is 1. The van der Waals surface area contributed by atoms with Crippen LogP contribution in [-0.2, 0) is 4.79 Å². The van der Waals surface area contributed by atoms with E-state index in [-0.39, 0.29) is 17.2 Å². The molecule has 1 amide bonds. The van der Waals surface area contributed by atoms with Gasteiger partial charge in [0.2, 0.25) is 5.91 Å². The van der Waals surface area contributed by atoms with Gasteiger partial charge in [0.15, 0.2) is 0 Å². The molecule has 1 heterocycles. The largest absolute Gasteiger partial charge is 0.496 e. The maximum Gasteiger partial charge on any atom is 0.339 e. The van der Waals surface area contributed by atoms with Gasteiger partial charge in [-0.25, -0.2) is 14.5 Å². The van der Waals surface area contributed by atoms with Crippen LogP contribution in [0.1, 0.15) is 23.3 Å². The van der Waals surface area contributed by atoms with E-state index >= 15 is 0 Å². The zero-order valence-electron chi connectivity index (χ0n) is 11.5. The second kappa shape index (κ2) is 6.04. The summed E-state index contributed by atoms with van der Waals surface area (Å²) in [5, 5.41) is 15.6. The van der Waals surface area contributed by atoms with Gasteiger partial charge in [0.25, 0.3) is 0 Å². The van der Waals surface area contributed by atoms with Crippen molar-refractivity contribution in [3.8, 4) is 5.75 Å². The topological polar surface area (TPSA) is 106 Å². The Kier molecular flexibility index (Phi) is 4.17. The third-order valence-corrected chi connectivity index (χ3v) is 2.91. The molecule has 0 aliphatic carbocycles. The third-order valence-electron chi connectivity index (χ3n) is 2.91. The van der Waals surface area contributed by atoms with Crippen molar-refractivity contribution in [1.82, 2.24) is 14.8 Å². The molecule has 0 spiro atoms. The molecule has 21 heavy (non-hydrogen) atoms. The highest BCUT2D eigenvalue weighted by molar-refractivity contribution is 5.95. The summed E-state index contributed by atoms with van der Waals surface area (Å²) in [5.74, 6) is -1.22. The fraction of sp³-hybridized carbons (Fsp3) is 0.231. The molecule has 8 nitrogen and oxygen atoms in total. The lowest BCUT2D eigenvalue weighted by molar-refractivity contribution is -0.119. The van der Waals surface area contributed by atoms with Gasteiger partial charge < -0.3 is 15.2 Å². The Balaban J connectivity index is 2.16. The van der Waals surface area contributed by atoms with E-state index < -0.39 is 12.0 Å². The highest BCUT2D eigenvalue weighted by atomic mass is 16.5. The van der Waals surface area contributed by atoms with Crippen molar-refractivity contribution >= 4 is 17.6 Å². The molecule has 1 unspecified atom stereocenters. The predicted molar refractivity (Wildman–Crippen MR) is 73.3 cm³/mol. The van der Waals surface area contributed by atoms with Crippen molar-refractivity contribution in [1.29, 1.82) is 0 Å². The van der Waals surface area contributed by atoms with Gasteiger partial charge in [-0.2, -0.15) is 5.10 Å². The van der Waals surface area contributed by atoms with Crippen molar-refractivity contribution in [3.63, 3.8) is 0 Å². The van der Waals surface area contributed by atoms with Crippen molar-refractivity contribution in [2.45, 2.75) is 13.0 Å². The first-order chi connectivity index (χ1) is 10.0. The molecule has 0 saturated carbocycles. The van der Waals surface area contributed by atoms with Crippen LogP contribution in [-0.4, -0.2) is 38.9 Å². The molecule has 2 N–H and O–H groups in total. The van der Waals surface area contributed by atoms with E-state index in [9.17, 15) is 9.59 Å². The Morgan fingerprint density at radius 1 is 1.43 bits per heavy atom. The van der Waals surface area contributed by atoms with Crippen molar-refractivity contribution < 1.29 is 19.4 Å². The highest BCUT2D eigenvalue weighted by Crippen LogP contribution is 2.23. The van der Waals surface area contributed by atoms with E-state index in [0.29, 0.717) is 5.69 Å². The molecule has 1 aromatic heterocycles. The van der Waals surface area contributed by atoms with Gasteiger partial charge in [-0.15, -0.1) is 0 Å². The molecule has 1 aromatic carbocycles. The second-order valence-electron chi connectivity index (χ2n) is 4.26. The van der Waals surface area contributed by atoms with Crippen LogP contribution in [0.5, 0.6) is 5.75 Å². The fourth-order valence-corrected chi connectivity index (χ4v) is 1.73. The average Bonchev–Trinajstić information content (AvgIpc) is 3.00. The number of rotatable bonds is 5. The first-order valence-electron chi connectivity index (χ1n) is 6.09. The lowest BCUT2D eigenvalue weighted by atomic mass is 10.1. The molecule has 1 atom stereocenters. The number of methoxy groups -OCH3 is 1. The van der Waals surface area contributed by atoms with Gasteiger partial charge in [0, 0.05) is 11.8 Å². The number of hydrogen-bond donors (Lipinski definition) is 2. The molecule has 0 bridgehead atoms. The summed E-state index contributed by atoms with van der Waals surface area (Å²) in [6, 6.07) is 3.78. The zero-order chi connectivity index (χ0) is 15.4. The molecular formula is C13H14N4O4. The summed E-state index contributed by atoms with van der Waals surface area (Å²) in [4.78, 5) is 26.8. The van der Waals surface area contributed by atoms with Gasteiger partial charge >= 0.3 is 5.97 Å². The summed E-state index contributed by atoms with van der Waals surface area (Å²) >= 11 is 0. The summed E-state index contributed by atoms with van der Waals surface area (Å²) in [7, 11) is 1.37. The fourth-order valence-electron chi connectivity index (χ4n) is 1.73. The number of carbonyl (C=O) groups is 2. The number of nitrogens with zero attached hydrogens (tertiary/aromatic N) is 3. The Morgan fingerprint density at radius 3 is 2.76 bits per heavy atom. The van der Waals surface area contributed by atoms with Crippen LogP contribution in [0.3, 0.4) is 0 Å². The van der Waals surface area contributed by atoms with E-state index in [4.69, 9.17) is 9.84 Å². The SMILES string of the molecule is COc1cc(NC(=O)C(C)n2cncn2)ccc1C(=O)O. The van der Waals surface area contributed by atoms with Crippen molar-refractivity contribution in [2.24, 2.45) is 0 Å². The number of carboxylic acids is 1. The van der Waals surface area contributed by atoms with E-state index in [1.165, 1.54) is 42.6 Å². The zero-order valence-corrected chi connectivity index (χ0v) is 11.5. The number of nitrogens with one attached hydrogen (secondary N) is 1. The van der Waals surface area contributed by atoms with Crippen LogP contribution in [0.2, 0.25) is 0 Å². The first-order valence-corrected chi connectivity index (χ1v) is 6.09. The van der Waals surface area contributed by atoms with Crippen LogP contribution in [0.4, 0.5) is 5.69 Å². The number of aromatic carboxylic acids is 1. The highest BCUT2D eigenvalue weighted by Gasteiger charge is 2.17. The Hall–Kier alpha value is -2.90. The molecule has 0 fully saturated rings. The number of benzene rings is 1. The van der Waals surface area contributed by atoms with Gasteiger partial charge in [-0.3, -0.25) is 4.79 Å². The normalized spacial score (nSPS) is 11.7. The first kappa shape index (κ1) is 14.5. The minimum atomic E-state index is -1.10. The molecule has 2 rings (SSSR count). The molecule has 8 heteroatoms. The molecule has 110 valence electrons. The number of carbonyl (C=O) groups excluding carboxylic acids is 1. The molecule has 0 aliphatic heterocycles. The Labute approximate surface area is 120 Å². The lowest BCUT2D eigenvalue weighted by Gasteiger charge is -2.13. The summed E-state index contributed by atoms with van der Waals surface area (Å²) < 4.78 is 6.42. The molecular weight excluding hydrogens is 276 g/mol. The Bertz CT molecular complexity index is 654. The minimum absolute atomic E-state index is 0.0276. The number of hydrogen-bond acceptors (Lipinski definition) is 5. The maximum atomic E-state index is 12.1. The van der Waals surface area contributed by atoms with Crippen molar-refractivity contribution in [3.05, 3.63) is 36.4 Å². The van der Waals surface area contributed by atoms with Crippen LogP contribution >= 0.6 is 0 Å². The van der Waals surface area contributed by atoms with Gasteiger partial charge in [-0.05, 0) is 19.1 Å². The van der Waals surface area contributed by atoms with E-state index in [2.05, 4.69) is 15.4 Å². The number of aromatic nitrogens is 3.